The predicted molar refractivity (Wildman–Crippen MR) is 80.8 cm³/mol. The van der Waals surface area contributed by atoms with Crippen molar-refractivity contribution in [3.63, 3.8) is 0 Å². The summed E-state index contributed by atoms with van der Waals surface area (Å²) in [6.45, 7) is 6.73. The average molecular weight is 296 g/mol. The summed E-state index contributed by atoms with van der Waals surface area (Å²) in [5, 5.41) is 8.00. The Morgan fingerprint density at radius 3 is 2.45 bits per heavy atom. The molecule has 0 unspecified atom stereocenters. The lowest BCUT2D eigenvalue weighted by atomic mass is 10.1. The largest absolute Gasteiger partial charge is 0.370 e. The Kier molecular flexibility index (Phi) is 5.72. The SMILES string of the molecule is C=C(C)CN=C(N)NCCc1ccc(S(N)(=O)=O)cc1. The van der Waals surface area contributed by atoms with E-state index in [1.165, 1.54) is 12.1 Å². The number of rotatable bonds is 6. The molecule has 0 saturated heterocycles. The van der Waals surface area contributed by atoms with Gasteiger partial charge in [0.15, 0.2) is 5.96 Å². The summed E-state index contributed by atoms with van der Waals surface area (Å²) >= 11 is 0. The van der Waals surface area contributed by atoms with Gasteiger partial charge in [-0.15, -0.1) is 0 Å². The van der Waals surface area contributed by atoms with Crippen molar-refractivity contribution in [1.29, 1.82) is 0 Å². The van der Waals surface area contributed by atoms with Gasteiger partial charge in [0.1, 0.15) is 0 Å². The minimum absolute atomic E-state index is 0.108. The van der Waals surface area contributed by atoms with Crippen molar-refractivity contribution < 1.29 is 8.42 Å². The van der Waals surface area contributed by atoms with Gasteiger partial charge in [0.2, 0.25) is 10.0 Å². The maximum atomic E-state index is 11.1. The molecule has 110 valence electrons. The molecule has 0 aromatic heterocycles. The fraction of sp³-hybridized carbons (Fsp3) is 0.308. The topological polar surface area (TPSA) is 111 Å². The van der Waals surface area contributed by atoms with Gasteiger partial charge in [0.05, 0.1) is 11.4 Å². The van der Waals surface area contributed by atoms with Crippen LogP contribution in [0.3, 0.4) is 0 Å². The number of nitrogens with zero attached hydrogens (tertiary/aromatic N) is 1. The second-order valence-electron chi connectivity index (χ2n) is 4.52. The van der Waals surface area contributed by atoms with Crippen molar-refractivity contribution in [1.82, 2.24) is 5.32 Å². The smallest absolute Gasteiger partial charge is 0.238 e. The van der Waals surface area contributed by atoms with E-state index in [0.717, 1.165) is 11.1 Å². The van der Waals surface area contributed by atoms with Crippen LogP contribution in [-0.2, 0) is 16.4 Å². The van der Waals surface area contributed by atoms with Crippen molar-refractivity contribution >= 4 is 16.0 Å². The zero-order valence-electron chi connectivity index (χ0n) is 11.5. The minimum atomic E-state index is -3.63. The fourth-order valence-electron chi connectivity index (χ4n) is 1.46. The van der Waals surface area contributed by atoms with Gasteiger partial charge >= 0.3 is 0 Å². The fourth-order valence-corrected chi connectivity index (χ4v) is 1.97. The van der Waals surface area contributed by atoms with Crippen LogP contribution in [0.25, 0.3) is 0 Å². The van der Waals surface area contributed by atoms with Crippen molar-refractivity contribution in [2.45, 2.75) is 18.2 Å². The van der Waals surface area contributed by atoms with Crippen LogP contribution in [0.15, 0.2) is 46.3 Å². The first-order chi connectivity index (χ1) is 9.29. The summed E-state index contributed by atoms with van der Waals surface area (Å²) in [5.74, 6) is 0.370. The van der Waals surface area contributed by atoms with Gasteiger partial charge in [0, 0.05) is 6.54 Å². The first-order valence-electron chi connectivity index (χ1n) is 6.09. The highest BCUT2D eigenvalue weighted by Gasteiger charge is 2.06. The van der Waals surface area contributed by atoms with Crippen LogP contribution < -0.4 is 16.2 Å². The van der Waals surface area contributed by atoms with E-state index in [1.807, 2.05) is 6.92 Å². The van der Waals surface area contributed by atoms with Gasteiger partial charge in [-0.25, -0.2) is 18.5 Å². The Balaban J connectivity index is 2.47. The van der Waals surface area contributed by atoms with Crippen LogP contribution in [-0.4, -0.2) is 27.5 Å². The summed E-state index contributed by atoms with van der Waals surface area (Å²) in [6.07, 6.45) is 0.703. The van der Waals surface area contributed by atoms with E-state index in [1.54, 1.807) is 12.1 Å². The van der Waals surface area contributed by atoms with E-state index in [-0.39, 0.29) is 4.90 Å². The van der Waals surface area contributed by atoms with Crippen LogP contribution >= 0.6 is 0 Å². The van der Waals surface area contributed by atoms with Crippen LogP contribution in [0, 0.1) is 0 Å². The Morgan fingerprint density at radius 1 is 1.35 bits per heavy atom. The molecule has 0 atom stereocenters. The normalized spacial score (nSPS) is 12.2. The number of benzene rings is 1. The maximum absolute atomic E-state index is 11.1. The standard InChI is InChI=1S/C13H20N4O2S/c1-10(2)9-17-13(14)16-8-7-11-3-5-12(6-4-11)20(15,18)19/h3-6H,1,7-9H2,2H3,(H3,14,16,17)(H2,15,18,19). The third-order valence-corrected chi connectivity index (χ3v) is 3.42. The molecule has 7 heteroatoms. The van der Waals surface area contributed by atoms with Gasteiger partial charge in [-0.05, 0) is 31.0 Å². The van der Waals surface area contributed by atoms with Gasteiger partial charge in [-0.3, -0.25) is 0 Å². The number of nitrogens with one attached hydrogen (secondary N) is 1. The summed E-state index contributed by atoms with van der Waals surface area (Å²) < 4.78 is 22.2. The zero-order valence-corrected chi connectivity index (χ0v) is 12.3. The van der Waals surface area contributed by atoms with Gasteiger partial charge in [0.25, 0.3) is 0 Å². The van der Waals surface area contributed by atoms with E-state index in [2.05, 4.69) is 16.9 Å². The van der Waals surface area contributed by atoms with E-state index >= 15 is 0 Å². The first kappa shape index (κ1) is 16.2. The first-order valence-corrected chi connectivity index (χ1v) is 7.63. The molecule has 0 bridgehead atoms. The van der Waals surface area contributed by atoms with E-state index in [0.29, 0.717) is 25.5 Å². The molecule has 0 aliphatic heterocycles. The molecule has 0 saturated carbocycles. The molecular formula is C13H20N4O2S. The highest BCUT2D eigenvalue weighted by Crippen LogP contribution is 2.08. The summed E-state index contributed by atoms with van der Waals surface area (Å²) in [7, 11) is -3.63. The highest BCUT2D eigenvalue weighted by atomic mass is 32.2. The molecule has 6 nitrogen and oxygen atoms in total. The second kappa shape index (κ2) is 7.06. The monoisotopic (exact) mass is 296 g/mol. The molecule has 0 radical (unpaired) electrons. The van der Waals surface area contributed by atoms with Crippen LogP contribution in [0.4, 0.5) is 0 Å². The molecule has 20 heavy (non-hydrogen) atoms. The third kappa shape index (κ3) is 5.85. The summed E-state index contributed by atoms with van der Waals surface area (Å²) in [4.78, 5) is 4.20. The van der Waals surface area contributed by atoms with Crippen molar-refractivity contribution in [2.24, 2.45) is 15.9 Å². The van der Waals surface area contributed by atoms with Crippen LogP contribution in [0.2, 0.25) is 0 Å². The minimum Gasteiger partial charge on any atom is -0.370 e. The van der Waals surface area contributed by atoms with Crippen molar-refractivity contribution in [3.05, 3.63) is 42.0 Å². The van der Waals surface area contributed by atoms with Gasteiger partial charge < -0.3 is 11.1 Å². The van der Waals surface area contributed by atoms with E-state index in [4.69, 9.17) is 10.9 Å². The molecule has 5 N–H and O–H groups in total. The average Bonchev–Trinajstić information content (AvgIpc) is 2.36. The lowest BCUT2D eigenvalue weighted by Gasteiger charge is -2.06. The molecule has 1 aromatic rings. The zero-order chi connectivity index (χ0) is 15.2. The number of nitrogens with two attached hydrogens (primary N) is 2. The van der Waals surface area contributed by atoms with Crippen molar-refractivity contribution in [2.75, 3.05) is 13.1 Å². The Bertz CT molecular complexity index is 591. The summed E-state index contributed by atoms with van der Waals surface area (Å²) in [6, 6.07) is 6.43. The van der Waals surface area contributed by atoms with Gasteiger partial charge in [-0.2, -0.15) is 0 Å². The molecule has 0 amide bonds. The highest BCUT2D eigenvalue weighted by molar-refractivity contribution is 7.89. The third-order valence-electron chi connectivity index (χ3n) is 2.49. The summed E-state index contributed by atoms with van der Waals surface area (Å²) in [5.41, 5.74) is 7.59. The number of guanidine groups is 1. The number of primary sulfonamides is 1. The number of aliphatic imine (C=N–C) groups is 1. The molecular weight excluding hydrogens is 276 g/mol. The lowest BCUT2D eigenvalue weighted by Crippen LogP contribution is -2.33. The second-order valence-corrected chi connectivity index (χ2v) is 6.09. The molecule has 0 spiro atoms. The predicted octanol–water partition coefficient (Wildman–Crippen LogP) is 0.357. The Labute approximate surface area is 119 Å². The quantitative estimate of drug-likeness (QED) is 0.400. The lowest BCUT2D eigenvalue weighted by molar-refractivity contribution is 0.598. The van der Waals surface area contributed by atoms with Crippen LogP contribution in [0.5, 0.6) is 0 Å². The van der Waals surface area contributed by atoms with Gasteiger partial charge in [-0.1, -0.05) is 24.3 Å². The molecule has 0 aliphatic rings. The Morgan fingerprint density at radius 2 is 1.95 bits per heavy atom. The van der Waals surface area contributed by atoms with Crippen LogP contribution in [0.1, 0.15) is 12.5 Å². The molecule has 1 rings (SSSR count). The van der Waals surface area contributed by atoms with E-state index in [9.17, 15) is 8.42 Å². The number of hydrogen-bond donors (Lipinski definition) is 3. The maximum Gasteiger partial charge on any atom is 0.238 e. The molecule has 0 fully saturated rings. The molecule has 1 aromatic carbocycles. The Hall–Kier alpha value is -1.86. The molecule has 0 heterocycles. The molecule has 0 aliphatic carbocycles. The van der Waals surface area contributed by atoms with Crippen molar-refractivity contribution in [3.8, 4) is 0 Å². The number of hydrogen-bond acceptors (Lipinski definition) is 3. The van der Waals surface area contributed by atoms with E-state index < -0.39 is 10.0 Å². The number of sulfonamides is 1.